The summed E-state index contributed by atoms with van der Waals surface area (Å²) in [5, 5.41) is 22.9. The number of benzene rings is 1. The van der Waals surface area contributed by atoms with Crippen LogP contribution in [0.25, 0.3) is 11.1 Å². The number of pyridine rings is 1. The first kappa shape index (κ1) is 25.5. The number of esters is 1. The molecule has 0 radical (unpaired) electrons. The van der Waals surface area contributed by atoms with E-state index in [9.17, 15) is 23.6 Å². The van der Waals surface area contributed by atoms with Crippen LogP contribution in [0.2, 0.25) is 0 Å². The van der Waals surface area contributed by atoms with Crippen LogP contribution in [0, 0.1) is 0 Å². The number of carbonyl (C=O) groups excluding carboxylic acids is 1. The van der Waals surface area contributed by atoms with E-state index < -0.39 is 31.3 Å². The molecule has 180 valence electrons. The summed E-state index contributed by atoms with van der Waals surface area (Å²) in [5.41, 5.74) is 2.07. The van der Waals surface area contributed by atoms with Gasteiger partial charge in [-0.05, 0) is 51.0 Å². The molecule has 1 unspecified atom stereocenters. The summed E-state index contributed by atoms with van der Waals surface area (Å²) >= 11 is 0. The summed E-state index contributed by atoms with van der Waals surface area (Å²) in [4.78, 5) is 16.5. The zero-order valence-electron chi connectivity index (χ0n) is 19.1. The predicted octanol–water partition coefficient (Wildman–Crippen LogP) is 2.80. The molecule has 0 saturated carbocycles. The molecular weight excluding hydrogens is 447 g/mol. The van der Waals surface area contributed by atoms with Crippen molar-refractivity contribution in [2.24, 2.45) is 0 Å². The van der Waals surface area contributed by atoms with Crippen molar-refractivity contribution in [2.45, 2.75) is 45.4 Å². The van der Waals surface area contributed by atoms with Gasteiger partial charge in [-0.25, -0.2) is 4.79 Å². The van der Waals surface area contributed by atoms with Gasteiger partial charge < -0.3 is 19.5 Å². The lowest BCUT2D eigenvalue weighted by molar-refractivity contribution is -0.130. The van der Waals surface area contributed by atoms with Gasteiger partial charge >= 0.3 is 19.7 Å². The monoisotopic (exact) mass is 473 g/mol. The van der Waals surface area contributed by atoms with Crippen molar-refractivity contribution in [3.63, 3.8) is 0 Å². The SMILES string of the molecule is CC(C)(C)OC(=O)c1ccc(-c2cnn(C(CCOC(F)F)c3ccc(B(O)O)cn3)c2)cc1. The highest BCUT2D eigenvalue weighted by Gasteiger charge is 2.21. The molecule has 0 fully saturated rings. The number of aromatic nitrogens is 3. The Hall–Kier alpha value is -3.15. The predicted molar refractivity (Wildman–Crippen MR) is 122 cm³/mol. The number of alkyl halides is 2. The molecular formula is C23H26BF2N3O5. The van der Waals surface area contributed by atoms with E-state index in [1.807, 2.05) is 0 Å². The minimum Gasteiger partial charge on any atom is -0.456 e. The Bertz CT molecular complexity index is 1080. The lowest BCUT2D eigenvalue weighted by Crippen LogP contribution is -2.30. The number of hydrogen-bond donors (Lipinski definition) is 2. The fourth-order valence-corrected chi connectivity index (χ4v) is 3.24. The Balaban J connectivity index is 1.82. The number of ether oxygens (including phenoxy) is 2. The van der Waals surface area contributed by atoms with Crippen molar-refractivity contribution >= 4 is 18.6 Å². The second-order valence-corrected chi connectivity index (χ2v) is 8.61. The van der Waals surface area contributed by atoms with Crippen LogP contribution < -0.4 is 5.46 Å². The molecule has 2 aromatic heterocycles. The van der Waals surface area contributed by atoms with Crippen LogP contribution in [0.5, 0.6) is 0 Å². The minimum atomic E-state index is -2.89. The lowest BCUT2D eigenvalue weighted by Gasteiger charge is -2.19. The Kier molecular flexibility index (Phi) is 8.13. The van der Waals surface area contributed by atoms with Gasteiger partial charge in [-0.15, -0.1) is 0 Å². The van der Waals surface area contributed by atoms with Gasteiger partial charge in [0.25, 0.3) is 0 Å². The average Bonchev–Trinajstić information content (AvgIpc) is 3.25. The van der Waals surface area contributed by atoms with E-state index in [1.54, 1.807) is 68.2 Å². The van der Waals surface area contributed by atoms with E-state index in [-0.39, 0.29) is 18.5 Å². The van der Waals surface area contributed by atoms with E-state index in [1.165, 1.54) is 12.3 Å². The summed E-state index contributed by atoms with van der Waals surface area (Å²) in [6.45, 7) is 2.27. The van der Waals surface area contributed by atoms with Crippen molar-refractivity contribution in [1.29, 1.82) is 0 Å². The van der Waals surface area contributed by atoms with Crippen LogP contribution in [-0.2, 0) is 9.47 Å². The van der Waals surface area contributed by atoms with Crippen molar-refractivity contribution in [3.05, 3.63) is 66.2 Å². The van der Waals surface area contributed by atoms with Gasteiger partial charge in [0.1, 0.15) is 5.60 Å². The normalized spacial score (nSPS) is 12.6. The molecule has 1 atom stereocenters. The average molecular weight is 473 g/mol. The van der Waals surface area contributed by atoms with E-state index in [0.29, 0.717) is 11.3 Å². The maximum Gasteiger partial charge on any atom is 0.490 e. The molecule has 8 nitrogen and oxygen atoms in total. The Morgan fingerprint density at radius 1 is 1.09 bits per heavy atom. The maximum absolute atomic E-state index is 12.5. The third-order valence-electron chi connectivity index (χ3n) is 4.86. The number of nitrogens with zero attached hydrogens (tertiary/aromatic N) is 3. The molecule has 1 aromatic carbocycles. The number of rotatable bonds is 9. The molecule has 0 amide bonds. The number of halogens is 2. The number of hydrogen-bond acceptors (Lipinski definition) is 7. The smallest absolute Gasteiger partial charge is 0.456 e. The molecule has 11 heteroatoms. The summed E-state index contributed by atoms with van der Waals surface area (Å²) in [6.07, 6.45) is 4.83. The number of carbonyl (C=O) groups is 1. The summed E-state index contributed by atoms with van der Waals surface area (Å²) in [5.74, 6) is -0.420. The van der Waals surface area contributed by atoms with E-state index in [0.717, 1.165) is 11.1 Å². The van der Waals surface area contributed by atoms with E-state index in [2.05, 4.69) is 14.8 Å². The van der Waals surface area contributed by atoms with Crippen LogP contribution in [0.3, 0.4) is 0 Å². The second-order valence-electron chi connectivity index (χ2n) is 8.61. The molecule has 0 aliphatic carbocycles. The third kappa shape index (κ3) is 6.93. The van der Waals surface area contributed by atoms with Gasteiger partial charge in [-0.3, -0.25) is 9.67 Å². The van der Waals surface area contributed by atoms with Crippen molar-refractivity contribution < 1.29 is 33.1 Å². The highest BCUT2D eigenvalue weighted by Crippen LogP contribution is 2.25. The second kappa shape index (κ2) is 10.9. The first-order valence-electron chi connectivity index (χ1n) is 10.6. The molecule has 0 aliphatic heterocycles. The van der Waals surface area contributed by atoms with Crippen molar-refractivity contribution in [1.82, 2.24) is 14.8 Å². The third-order valence-corrected chi connectivity index (χ3v) is 4.86. The summed E-state index contributed by atoms with van der Waals surface area (Å²) < 4.78 is 36.3. The molecule has 0 aliphatic rings. The first-order chi connectivity index (χ1) is 16.0. The van der Waals surface area contributed by atoms with Gasteiger partial charge in [0.05, 0.1) is 30.1 Å². The molecule has 34 heavy (non-hydrogen) atoms. The fraction of sp³-hybridized carbons (Fsp3) is 0.348. The van der Waals surface area contributed by atoms with E-state index in [4.69, 9.17) is 4.74 Å². The van der Waals surface area contributed by atoms with Crippen LogP contribution in [-0.4, -0.2) is 56.7 Å². The highest BCUT2D eigenvalue weighted by molar-refractivity contribution is 6.58. The van der Waals surface area contributed by atoms with Crippen LogP contribution in [0.4, 0.5) is 8.78 Å². The fourth-order valence-electron chi connectivity index (χ4n) is 3.24. The summed E-state index contributed by atoms with van der Waals surface area (Å²) in [7, 11) is -1.66. The van der Waals surface area contributed by atoms with Crippen LogP contribution in [0.1, 0.15) is 49.3 Å². The van der Waals surface area contributed by atoms with Gasteiger partial charge in [0.15, 0.2) is 0 Å². The van der Waals surface area contributed by atoms with Gasteiger partial charge in [-0.1, -0.05) is 18.2 Å². The molecule has 3 aromatic rings. The van der Waals surface area contributed by atoms with Crippen LogP contribution in [0.15, 0.2) is 55.0 Å². The van der Waals surface area contributed by atoms with Gasteiger partial charge in [0, 0.05) is 23.4 Å². The molecule has 0 spiro atoms. The minimum absolute atomic E-state index is 0.164. The molecule has 2 heterocycles. The molecule has 2 N–H and O–H groups in total. The quantitative estimate of drug-likeness (QED) is 0.364. The van der Waals surface area contributed by atoms with Crippen molar-refractivity contribution in [3.8, 4) is 11.1 Å². The molecule has 0 bridgehead atoms. The summed E-state index contributed by atoms with van der Waals surface area (Å²) in [6, 6.07) is 9.41. The maximum atomic E-state index is 12.5. The zero-order chi connectivity index (χ0) is 24.9. The Morgan fingerprint density at radius 2 is 1.79 bits per heavy atom. The van der Waals surface area contributed by atoms with E-state index >= 15 is 0 Å². The lowest BCUT2D eigenvalue weighted by atomic mass is 9.81. The Labute approximate surface area is 196 Å². The molecule has 0 saturated heterocycles. The molecule has 3 rings (SSSR count). The van der Waals surface area contributed by atoms with Crippen molar-refractivity contribution in [2.75, 3.05) is 6.61 Å². The van der Waals surface area contributed by atoms with Crippen LogP contribution >= 0.6 is 0 Å². The Morgan fingerprint density at radius 3 is 2.35 bits per heavy atom. The van der Waals surface area contributed by atoms with Gasteiger partial charge in [0.2, 0.25) is 0 Å². The highest BCUT2D eigenvalue weighted by atomic mass is 19.3. The largest absolute Gasteiger partial charge is 0.490 e. The van der Waals surface area contributed by atoms with Gasteiger partial charge in [-0.2, -0.15) is 13.9 Å². The standard InChI is InChI=1S/C23H26BF2N3O5/c1-23(2,3)34-21(30)16-6-4-15(5-7-16)17-12-28-29(14-17)20(10-11-33-22(25)26)19-9-8-18(13-27-19)24(31)32/h4-9,12-14,20,22,31-32H,10-11H2,1-3H3. The zero-order valence-corrected chi connectivity index (χ0v) is 19.1. The topological polar surface area (TPSA) is 107 Å². The first-order valence-corrected chi connectivity index (χ1v) is 10.6.